The van der Waals surface area contributed by atoms with Crippen LogP contribution in [0.15, 0.2) is 12.2 Å². The average molecular weight is 380 g/mol. The number of unbranched alkanes of at least 4 members (excludes halogenated alkanes) is 10. The van der Waals surface area contributed by atoms with Gasteiger partial charge in [0, 0.05) is 6.08 Å². The molecule has 0 bridgehead atoms. The Morgan fingerprint density at radius 2 is 1.29 bits per heavy atom. The van der Waals surface area contributed by atoms with Crippen molar-refractivity contribution < 1.29 is 23.8 Å². The number of hydrogen-bond acceptors (Lipinski definition) is 4. The summed E-state index contributed by atoms with van der Waals surface area (Å²) in [7, 11) is 0. The van der Waals surface area contributed by atoms with Crippen LogP contribution in [0.1, 0.15) is 77.6 Å². The van der Waals surface area contributed by atoms with Gasteiger partial charge in [0.05, 0.1) is 13.2 Å². The van der Waals surface area contributed by atoms with Crippen molar-refractivity contribution in [3.8, 4) is 0 Å². The van der Waals surface area contributed by atoms with Crippen LogP contribution in [0.5, 0.6) is 0 Å². The molecule has 0 unspecified atom stereocenters. The van der Waals surface area contributed by atoms with Gasteiger partial charge in [-0.15, -0.1) is 0 Å². The van der Waals surface area contributed by atoms with Crippen molar-refractivity contribution in [1.82, 2.24) is 0 Å². The molecule has 0 aromatic carbocycles. The molecule has 7 heteroatoms. The fraction of sp³-hybridized carbons (Fsp3) is 0.824. The van der Waals surface area contributed by atoms with Crippen molar-refractivity contribution >= 4 is 24.5 Å². The van der Waals surface area contributed by atoms with E-state index in [-0.39, 0.29) is 5.97 Å². The predicted octanol–water partition coefficient (Wildman–Crippen LogP) is 4.62. The monoisotopic (exact) mass is 380 g/mol. The Balaban J connectivity index is 3.13. The lowest BCUT2D eigenvalue weighted by atomic mass is 10.1. The zero-order valence-corrected chi connectivity index (χ0v) is 16.5. The quantitative estimate of drug-likeness (QED) is 0.176. The van der Waals surface area contributed by atoms with Gasteiger partial charge in [-0.25, -0.2) is 4.79 Å². The number of carbonyl (C=O) groups excluding carboxylic acids is 1. The topological polar surface area (TPSA) is 76.0 Å². The molecule has 0 fully saturated rings. The minimum Gasteiger partial charge on any atom is -0.463 e. The van der Waals surface area contributed by atoms with Crippen LogP contribution in [0.25, 0.3) is 0 Å². The van der Waals surface area contributed by atoms with Gasteiger partial charge in [0.15, 0.2) is 0 Å². The third-order valence-corrected chi connectivity index (χ3v) is 4.43. The van der Waals surface area contributed by atoms with E-state index in [9.17, 15) is 4.79 Å². The third-order valence-electron chi connectivity index (χ3n) is 3.60. The second kappa shape index (κ2) is 16.2. The summed E-state index contributed by atoms with van der Waals surface area (Å²) in [5, 5.41) is 0. The number of ether oxygens (including phenoxy) is 1. The molecule has 24 heavy (non-hydrogen) atoms. The first-order valence-electron chi connectivity index (χ1n) is 8.95. The van der Waals surface area contributed by atoms with Gasteiger partial charge < -0.3 is 19.0 Å². The van der Waals surface area contributed by atoms with Crippen LogP contribution in [0.3, 0.4) is 0 Å². The van der Waals surface area contributed by atoms with Crippen LogP contribution in [0, 0.1) is 0 Å². The molecule has 0 heterocycles. The summed E-state index contributed by atoms with van der Waals surface area (Å²) in [5.74, 6) is -0.248. The maximum atomic E-state index is 11.1. The van der Waals surface area contributed by atoms with Crippen LogP contribution in [0.4, 0.5) is 0 Å². The first kappa shape index (κ1) is 23.7. The van der Waals surface area contributed by atoms with Gasteiger partial charge >= 0.3 is 12.7 Å². The van der Waals surface area contributed by atoms with Crippen molar-refractivity contribution in [2.45, 2.75) is 77.6 Å². The summed E-state index contributed by atoms with van der Waals surface area (Å²) in [4.78, 5) is 28.8. The van der Waals surface area contributed by atoms with E-state index in [2.05, 4.69) is 11.8 Å². The van der Waals surface area contributed by atoms with Crippen LogP contribution >= 0.6 is 6.72 Å². The van der Waals surface area contributed by atoms with E-state index in [1.54, 1.807) is 13.0 Å². The van der Waals surface area contributed by atoms with E-state index in [1.807, 2.05) is 0 Å². The predicted molar refractivity (Wildman–Crippen MR) is 101 cm³/mol. The summed E-state index contributed by atoms with van der Waals surface area (Å²) in [6.07, 6.45) is 15.7. The minimum absolute atomic E-state index is 0.248. The third kappa shape index (κ3) is 19.8. The van der Waals surface area contributed by atoms with Crippen LogP contribution < -0.4 is 0 Å². The summed E-state index contributed by atoms with van der Waals surface area (Å²) in [6.45, 7) is -0.788. The Morgan fingerprint density at radius 1 is 0.875 bits per heavy atom. The first-order chi connectivity index (χ1) is 11.5. The van der Waals surface area contributed by atoms with Crippen molar-refractivity contribution in [2.75, 3.05) is 13.2 Å². The molecule has 0 rings (SSSR count). The first-order valence-corrected chi connectivity index (χ1v) is 11.6. The second-order valence-corrected chi connectivity index (χ2v) is 8.55. The molecule has 0 aromatic heterocycles. The Morgan fingerprint density at radius 3 is 1.71 bits per heavy atom. The molecule has 0 saturated carbocycles. The van der Waals surface area contributed by atoms with Gasteiger partial charge in [0.1, 0.15) is 0 Å². The molecular weight excluding hydrogens is 347 g/mol. The van der Waals surface area contributed by atoms with Gasteiger partial charge in [-0.05, 0) is 31.6 Å². The number of rotatable bonds is 16. The smallest absolute Gasteiger partial charge is 0.330 e. The van der Waals surface area contributed by atoms with Gasteiger partial charge in [-0.1, -0.05) is 63.9 Å². The molecule has 142 valence electrons. The normalized spacial score (nSPS) is 12.0. The van der Waals surface area contributed by atoms with Crippen molar-refractivity contribution in [3.05, 3.63) is 12.2 Å². The molecule has 2 N–H and O–H groups in total. The Bertz CT molecular complexity index is 381. The minimum atomic E-state index is -3.45. The highest BCUT2D eigenvalue weighted by atomic mass is 32.5. The lowest BCUT2D eigenvalue weighted by Crippen LogP contribution is -2.01. The van der Waals surface area contributed by atoms with E-state index < -0.39 is 6.72 Å². The standard InChI is InChI=1S/C17H33O5PS/c1-2-14-17(18)21-15-12-10-8-6-4-3-5-7-9-11-13-16-22-23(19,20)24/h2,14H,3-13,15-16H2,1H3,(H2,19,20,24). The van der Waals surface area contributed by atoms with Gasteiger partial charge in [-0.3, -0.25) is 0 Å². The van der Waals surface area contributed by atoms with Crippen molar-refractivity contribution in [1.29, 1.82) is 0 Å². The maximum Gasteiger partial charge on any atom is 0.330 e. The highest BCUT2D eigenvalue weighted by Crippen LogP contribution is 2.36. The number of allylic oxidation sites excluding steroid dienone is 1. The van der Waals surface area contributed by atoms with Crippen LogP contribution in [-0.2, 0) is 25.9 Å². The average Bonchev–Trinajstić information content (AvgIpc) is 2.50. The van der Waals surface area contributed by atoms with E-state index in [1.165, 1.54) is 44.6 Å². The molecule has 0 saturated heterocycles. The van der Waals surface area contributed by atoms with Crippen molar-refractivity contribution in [3.63, 3.8) is 0 Å². The van der Waals surface area contributed by atoms with Gasteiger partial charge in [0.2, 0.25) is 0 Å². The lowest BCUT2D eigenvalue weighted by Gasteiger charge is -2.07. The Hall–Kier alpha value is -0.260. The maximum absolute atomic E-state index is 11.1. The zero-order valence-electron chi connectivity index (χ0n) is 14.8. The molecule has 0 amide bonds. The fourth-order valence-corrected chi connectivity index (χ4v) is 2.93. The second-order valence-electron chi connectivity index (χ2n) is 5.88. The summed E-state index contributed by atoms with van der Waals surface area (Å²) in [6, 6.07) is 0. The highest BCUT2D eigenvalue weighted by molar-refractivity contribution is 8.06. The molecule has 0 atom stereocenters. The Labute approximate surface area is 151 Å². The van der Waals surface area contributed by atoms with Crippen LogP contribution in [0.2, 0.25) is 0 Å². The number of carbonyl (C=O) groups is 1. The molecule has 0 aliphatic rings. The van der Waals surface area contributed by atoms with E-state index in [0.717, 1.165) is 32.1 Å². The summed E-state index contributed by atoms with van der Waals surface area (Å²) in [5.41, 5.74) is 0. The highest BCUT2D eigenvalue weighted by Gasteiger charge is 2.06. The largest absolute Gasteiger partial charge is 0.463 e. The van der Waals surface area contributed by atoms with E-state index in [4.69, 9.17) is 19.0 Å². The lowest BCUT2D eigenvalue weighted by molar-refractivity contribution is -0.137. The van der Waals surface area contributed by atoms with Gasteiger partial charge in [0.25, 0.3) is 0 Å². The number of hydrogen-bond donors (Lipinski definition) is 2. The van der Waals surface area contributed by atoms with Crippen molar-refractivity contribution in [2.24, 2.45) is 0 Å². The zero-order chi connectivity index (χ0) is 18.1. The molecule has 0 radical (unpaired) electrons. The molecule has 0 aliphatic heterocycles. The fourth-order valence-electron chi connectivity index (χ4n) is 2.34. The molecular formula is C17H33O5PS. The Kier molecular flexibility index (Phi) is 16.0. The van der Waals surface area contributed by atoms with E-state index >= 15 is 0 Å². The summed E-state index contributed by atoms with van der Waals surface area (Å²) >= 11 is 4.38. The van der Waals surface area contributed by atoms with Gasteiger partial charge in [-0.2, -0.15) is 0 Å². The SMILES string of the molecule is CC=CC(=O)OCCCCCCCCCCCCCOP(O)(O)=S. The summed E-state index contributed by atoms with van der Waals surface area (Å²) < 4.78 is 9.80. The molecule has 5 nitrogen and oxygen atoms in total. The molecule has 0 aromatic rings. The molecule has 0 aliphatic carbocycles. The number of esters is 1. The van der Waals surface area contributed by atoms with E-state index in [0.29, 0.717) is 13.2 Å². The molecule has 0 spiro atoms. The van der Waals surface area contributed by atoms with Crippen LogP contribution in [-0.4, -0.2) is 29.0 Å².